The maximum Gasteiger partial charge on any atom is 0.224 e. The summed E-state index contributed by atoms with van der Waals surface area (Å²) in [5.74, 6) is 0.681. The van der Waals surface area contributed by atoms with E-state index in [1.54, 1.807) is 7.11 Å². The quantitative estimate of drug-likeness (QED) is 0.807. The van der Waals surface area contributed by atoms with Gasteiger partial charge in [-0.25, -0.2) is 0 Å². The number of rotatable bonds is 4. The van der Waals surface area contributed by atoms with E-state index >= 15 is 0 Å². The first-order valence-electron chi connectivity index (χ1n) is 6.37. The van der Waals surface area contributed by atoms with Gasteiger partial charge in [-0.2, -0.15) is 0 Å². The normalized spacial score (nSPS) is 22.9. The third-order valence-corrected chi connectivity index (χ3v) is 3.55. The topological polar surface area (TPSA) is 55.6 Å². The Morgan fingerprint density at radius 1 is 1.53 bits per heavy atom. The van der Waals surface area contributed by atoms with Crippen LogP contribution in [0.2, 0.25) is 0 Å². The summed E-state index contributed by atoms with van der Waals surface area (Å²) in [6, 6.07) is -0.0727. The molecule has 1 aliphatic heterocycles. The first-order valence-corrected chi connectivity index (χ1v) is 6.37. The minimum Gasteiger partial charge on any atom is -0.384 e. The van der Waals surface area contributed by atoms with E-state index in [9.17, 15) is 4.79 Å². The van der Waals surface area contributed by atoms with Crippen LogP contribution in [0.4, 0.5) is 0 Å². The first-order chi connectivity index (χ1) is 7.84. The summed E-state index contributed by atoms with van der Waals surface area (Å²) in [6.07, 6.45) is 1.49. The molecule has 4 heteroatoms. The van der Waals surface area contributed by atoms with Gasteiger partial charge in [0.1, 0.15) is 0 Å². The smallest absolute Gasteiger partial charge is 0.224 e. The third kappa shape index (κ3) is 4.28. The minimum atomic E-state index is -0.0727. The molecule has 0 bridgehead atoms. The van der Waals surface area contributed by atoms with E-state index in [0.717, 1.165) is 26.1 Å². The van der Waals surface area contributed by atoms with E-state index in [2.05, 4.69) is 20.8 Å². The number of nitrogens with two attached hydrogens (primary N) is 1. The Balaban J connectivity index is 2.39. The van der Waals surface area contributed by atoms with Crippen LogP contribution in [-0.4, -0.2) is 43.7 Å². The molecule has 1 aliphatic rings. The second-order valence-corrected chi connectivity index (χ2v) is 6.13. The molecule has 2 N–H and O–H groups in total. The lowest BCUT2D eigenvalue weighted by Crippen LogP contribution is -2.41. The van der Waals surface area contributed by atoms with Crippen molar-refractivity contribution in [1.29, 1.82) is 0 Å². The van der Waals surface area contributed by atoms with Gasteiger partial charge in [-0.15, -0.1) is 0 Å². The van der Waals surface area contributed by atoms with Crippen molar-refractivity contribution in [2.24, 2.45) is 17.1 Å². The number of hydrogen-bond acceptors (Lipinski definition) is 3. The molecule has 4 nitrogen and oxygen atoms in total. The molecular weight excluding hydrogens is 216 g/mol. The summed E-state index contributed by atoms with van der Waals surface area (Å²) in [5, 5.41) is 0. The first kappa shape index (κ1) is 14.5. The van der Waals surface area contributed by atoms with E-state index in [1.807, 2.05) is 4.90 Å². The maximum absolute atomic E-state index is 12.1. The van der Waals surface area contributed by atoms with Crippen molar-refractivity contribution in [2.45, 2.75) is 39.7 Å². The van der Waals surface area contributed by atoms with Crippen LogP contribution in [0.3, 0.4) is 0 Å². The van der Waals surface area contributed by atoms with Crippen LogP contribution in [0.15, 0.2) is 0 Å². The van der Waals surface area contributed by atoms with Crippen molar-refractivity contribution in [2.75, 3.05) is 26.8 Å². The van der Waals surface area contributed by atoms with Crippen LogP contribution in [0.5, 0.6) is 0 Å². The van der Waals surface area contributed by atoms with E-state index in [1.165, 1.54) is 0 Å². The average molecular weight is 242 g/mol. The summed E-state index contributed by atoms with van der Waals surface area (Å²) < 4.78 is 5.13. The highest BCUT2D eigenvalue weighted by atomic mass is 16.5. The number of carbonyl (C=O) groups is 1. The van der Waals surface area contributed by atoms with Crippen molar-refractivity contribution >= 4 is 5.91 Å². The van der Waals surface area contributed by atoms with Gasteiger partial charge >= 0.3 is 0 Å². The molecule has 0 aromatic heterocycles. The molecule has 2 atom stereocenters. The van der Waals surface area contributed by atoms with Gasteiger partial charge in [-0.1, -0.05) is 20.8 Å². The van der Waals surface area contributed by atoms with Gasteiger partial charge in [-0.3, -0.25) is 4.79 Å². The molecule has 1 fully saturated rings. The van der Waals surface area contributed by atoms with Gasteiger partial charge in [0.2, 0.25) is 5.91 Å². The molecule has 100 valence electrons. The van der Waals surface area contributed by atoms with Crippen LogP contribution < -0.4 is 5.73 Å². The largest absolute Gasteiger partial charge is 0.384 e. The number of hydrogen-bond donors (Lipinski definition) is 1. The Hall–Kier alpha value is -0.610. The Kier molecular flexibility index (Phi) is 4.95. The molecule has 1 amide bonds. The van der Waals surface area contributed by atoms with E-state index < -0.39 is 0 Å². The zero-order chi connectivity index (χ0) is 13.1. The van der Waals surface area contributed by atoms with Crippen molar-refractivity contribution < 1.29 is 9.53 Å². The summed E-state index contributed by atoms with van der Waals surface area (Å²) in [5.41, 5.74) is 6.03. The number of nitrogens with zero attached hydrogens (tertiary/aromatic N) is 1. The van der Waals surface area contributed by atoms with Crippen molar-refractivity contribution in [1.82, 2.24) is 4.90 Å². The van der Waals surface area contributed by atoms with Gasteiger partial charge in [0.25, 0.3) is 0 Å². The van der Waals surface area contributed by atoms with Crippen LogP contribution >= 0.6 is 0 Å². The molecule has 1 saturated heterocycles. The number of methoxy groups -OCH3 is 1. The Labute approximate surface area is 104 Å². The molecule has 17 heavy (non-hydrogen) atoms. The second kappa shape index (κ2) is 5.83. The zero-order valence-electron chi connectivity index (χ0n) is 11.5. The predicted octanol–water partition coefficient (Wildman–Crippen LogP) is 1.24. The van der Waals surface area contributed by atoms with Crippen LogP contribution in [-0.2, 0) is 9.53 Å². The molecule has 0 aliphatic carbocycles. The number of likely N-dealkylation sites (tertiary alicyclic amines) is 1. The van der Waals surface area contributed by atoms with Crippen molar-refractivity contribution in [3.05, 3.63) is 0 Å². The average Bonchev–Trinajstić information content (AvgIpc) is 2.65. The van der Waals surface area contributed by atoms with Gasteiger partial charge in [0.15, 0.2) is 0 Å². The van der Waals surface area contributed by atoms with Crippen molar-refractivity contribution in [3.63, 3.8) is 0 Å². The minimum absolute atomic E-state index is 0.0126. The summed E-state index contributed by atoms with van der Waals surface area (Å²) in [6.45, 7) is 8.64. The third-order valence-electron chi connectivity index (χ3n) is 3.55. The highest BCUT2D eigenvalue weighted by Crippen LogP contribution is 2.22. The fourth-order valence-corrected chi connectivity index (χ4v) is 2.05. The molecule has 1 heterocycles. The van der Waals surface area contributed by atoms with E-state index in [0.29, 0.717) is 12.3 Å². The summed E-state index contributed by atoms with van der Waals surface area (Å²) in [4.78, 5) is 14.0. The predicted molar refractivity (Wildman–Crippen MR) is 68.6 cm³/mol. The fraction of sp³-hybridized carbons (Fsp3) is 0.923. The molecule has 0 aromatic rings. The highest BCUT2D eigenvalue weighted by Gasteiger charge is 2.29. The highest BCUT2D eigenvalue weighted by molar-refractivity contribution is 5.77. The molecule has 0 aromatic carbocycles. The van der Waals surface area contributed by atoms with Gasteiger partial charge in [0, 0.05) is 38.6 Å². The van der Waals surface area contributed by atoms with E-state index in [-0.39, 0.29) is 17.4 Å². The maximum atomic E-state index is 12.1. The molecular formula is C13H26N2O2. The van der Waals surface area contributed by atoms with Gasteiger partial charge < -0.3 is 15.4 Å². The number of amides is 1. The van der Waals surface area contributed by atoms with Gasteiger partial charge in [-0.05, 0) is 11.8 Å². The van der Waals surface area contributed by atoms with E-state index in [4.69, 9.17) is 10.5 Å². The molecule has 2 unspecified atom stereocenters. The van der Waals surface area contributed by atoms with Crippen LogP contribution in [0.25, 0.3) is 0 Å². The standard InChI is InChI=1S/C13H26N2O2/c1-13(2,3)11(14)7-12(16)15-6-5-10(8-15)9-17-4/h10-11H,5-9,14H2,1-4H3. The SMILES string of the molecule is COCC1CCN(C(=O)CC(N)C(C)(C)C)C1. The molecule has 0 saturated carbocycles. The number of ether oxygens (including phenoxy) is 1. The molecule has 0 radical (unpaired) electrons. The Morgan fingerprint density at radius 2 is 2.18 bits per heavy atom. The lowest BCUT2D eigenvalue weighted by Gasteiger charge is -2.28. The number of carbonyl (C=O) groups excluding carboxylic acids is 1. The molecule has 0 spiro atoms. The fourth-order valence-electron chi connectivity index (χ4n) is 2.05. The van der Waals surface area contributed by atoms with Crippen molar-refractivity contribution in [3.8, 4) is 0 Å². The molecule has 1 rings (SSSR count). The Morgan fingerprint density at radius 3 is 2.71 bits per heavy atom. The summed E-state index contributed by atoms with van der Waals surface area (Å²) >= 11 is 0. The lowest BCUT2D eigenvalue weighted by atomic mass is 9.85. The second-order valence-electron chi connectivity index (χ2n) is 6.13. The zero-order valence-corrected chi connectivity index (χ0v) is 11.5. The Bertz CT molecular complexity index is 261. The lowest BCUT2D eigenvalue weighted by molar-refractivity contribution is -0.131. The van der Waals surface area contributed by atoms with Crippen LogP contribution in [0.1, 0.15) is 33.6 Å². The monoisotopic (exact) mass is 242 g/mol. The van der Waals surface area contributed by atoms with Crippen LogP contribution in [0, 0.1) is 11.3 Å². The van der Waals surface area contributed by atoms with Gasteiger partial charge in [0.05, 0.1) is 6.61 Å². The summed E-state index contributed by atoms with van der Waals surface area (Å²) in [7, 11) is 1.71.